The Hall–Kier alpha value is -3.33. The van der Waals surface area contributed by atoms with Crippen LogP contribution in [-0.2, 0) is 15.8 Å². The smallest absolute Gasteiger partial charge is 0.416 e. The molecule has 0 unspecified atom stereocenters. The number of hydrogen-bond donors (Lipinski definition) is 1. The van der Waals surface area contributed by atoms with Crippen LogP contribution in [0.15, 0.2) is 77.7 Å². The molecule has 1 N–H and O–H groups in total. The molecule has 176 valence electrons. The van der Waals surface area contributed by atoms with Crippen molar-refractivity contribution in [2.45, 2.75) is 35.2 Å². The van der Waals surface area contributed by atoms with Crippen LogP contribution in [0.2, 0.25) is 0 Å². The monoisotopic (exact) mass is 489 g/mol. The fourth-order valence-electron chi connectivity index (χ4n) is 4.12. The number of nitrogens with zero attached hydrogens (tertiary/aromatic N) is 1. The molecule has 0 aliphatic carbocycles. The molecule has 0 radical (unpaired) electrons. The van der Waals surface area contributed by atoms with Crippen molar-refractivity contribution < 1.29 is 32.3 Å². The highest BCUT2D eigenvalue weighted by molar-refractivity contribution is 8.01. The second-order valence-corrected chi connectivity index (χ2v) is 9.46. The number of aryl methyl sites for hydroxylation is 1. The largest absolute Gasteiger partial charge is 0.480 e. The number of aliphatic carboxylic acids is 1. The highest BCUT2D eigenvalue weighted by Gasteiger charge is 2.59. The summed E-state index contributed by atoms with van der Waals surface area (Å²) in [4.78, 5) is 27.6. The second kappa shape index (κ2) is 8.79. The molecule has 0 saturated carbocycles. The summed E-state index contributed by atoms with van der Waals surface area (Å²) in [5.41, 5.74) is 0.0327. The predicted octanol–water partition coefficient (Wildman–Crippen LogP) is 6.25. The number of alkyl halides is 3. The van der Waals surface area contributed by atoms with E-state index in [1.165, 1.54) is 24.3 Å². The molecular formula is C25H19F4NO3S. The lowest BCUT2D eigenvalue weighted by Gasteiger charge is -2.35. The standard InChI is InChI=1S/C25H19F4NO3S/c1-15-8-10-20(11-9-15)34-24(23(32)33)14-21(31)30(22(24)16-4-2-6-18(26)12-16)19-7-3-5-17(13-19)25(27,28)29/h2-13,22H,14H2,1H3,(H,32,33)/t22-,24-/m1/s1. The van der Waals surface area contributed by atoms with Crippen molar-refractivity contribution in [2.75, 3.05) is 4.90 Å². The molecule has 1 amide bonds. The Morgan fingerprint density at radius 3 is 2.35 bits per heavy atom. The third-order valence-corrected chi connectivity index (χ3v) is 7.10. The third kappa shape index (κ3) is 4.40. The molecule has 1 heterocycles. The fourth-order valence-corrected chi connectivity index (χ4v) is 5.45. The number of rotatable bonds is 5. The van der Waals surface area contributed by atoms with Gasteiger partial charge in [-0.25, -0.2) is 4.39 Å². The van der Waals surface area contributed by atoms with Crippen molar-refractivity contribution >= 4 is 29.3 Å². The quantitative estimate of drug-likeness (QED) is 0.431. The van der Waals surface area contributed by atoms with E-state index in [1.54, 1.807) is 24.3 Å². The lowest BCUT2D eigenvalue weighted by atomic mass is 9.92. The summed E-state index contributed by atoms with van der Waals surface area (Å²) in [6, 6.07) is 15.0. The van der Waals surface area contributed by atoms with E-state index in [1.807, 2.05) is 6.92 Å². The number of carboxylic acid groups (broad SMARTS) is 1. The topological polar surface area (TPSA) is 57.6 Å². The van der Waals surface area contributed by atoms with Crippen molar-refractivity contribution in [3.8, 4) is 0 Å². The van der Waals surface area contributed by atoms with Gasteiger partial charge in [0.15, 0.2) is 4.75 Å². The molecule has 0 bridgehead atoms. The summed E-state index contributed by atoms with van der Waals surface area (Å²) in [7, 11) is 0. The maximum atomic E-state index is 14.2. The first kappa shape index (κ1) is 23.8. The lowest BCUT2D eigenvalue weighted by molar-refractivity contribution is -0.140. The van der Waals surface area contributed by atoms with Crippen LogP contribution in [0.3, 0.4) is 0 Å². The van der Waals surface area contributed by atoms with Crippen LogP contribution in [0.25, 0.3) is 0 Å². The van der Waals surface area contributed by atoms with Crippen LogP contribution < -0.4 is 4.90 Å². The van der Waals surface area contributed by atoms with Crippen LogP contribution in [0.4, 0.5) is 23.2 Å². The molecule has 3 aromatic rings. The van der Waals surface area contributed by atoms with Crippen molar-refractivity contribution in [3.63, 3.8) is 0 Å². The van der Waals surface area contributed by atoms with E-state index < -0.39 is 46.6 Å². The minimum absolute atomic E-state index is 0.110. The molecule has 4 rings (SSSR count). The van der Waals surface area contributed by atoms with Gasteiger partial charge in [-0.05, 0) is 55.0 Å². The fraction of sp³-hybridized carbons (Fsp3) is 0.200. The molecule has 1 aliphatic heterocycles. The summed E-state index contributed by atoms with van der Waals surface area (Å²) in [5, 5.41) is 10.4. The molecule has 0 spiro atoms. The van der Waals surface area contributed by atoms with Gasteiger partial charge in [0.2, 0.25) is 5.91 Å². The first-order chi connectivity index (χ1) is 16.0. The Bertz CT molecular complexity index is 1250. The van der Waals surface area contributed by atoms with Crippen LogP contribution in [0.5, 0.6) is 0 Å². The normalized spacial score (nSPS) is 20.6. The number of carboxylic acids is 1. The maximum absolute atomic E-state index is 14.2. The van der Waals surface area contributed by atoms with E-state index in [2.05, 4.69) is 0 Å². The molecule has 0 aromatic heterocycles. The molecule has 9 heteroatoms. The van der Waals surface area contributed by atoms with E-state index in [9.17, 15) is 32.3 Å². The molecular weight excluding hydrogens is 470 g/mol. The Labute approximate surface area is 197 Å². The molecule has 2 atom stereocenters. The van der Waals surface area contributed by atoms with E-state index >= 15 is 0 Å². The van der Waals surface area contributed by atoms with Crippen molar-refractivity contribution in [1.29, 1.82) is 0 Å². The molecule has 34 heavy (non-hydrogen) atoms. The first-order valence-electron chi connectivity index (χ1n) is 10.3. The second-order valence-electron chi connectivity index (χ2n) is 8.06. The van der Waals surface area contributed by atoms with Crippen LogP contribution in [0.1, 0.15) is 29.2 Å². The summed E-state index contributed by atoms with van der Waals surface area (Å²) in [6.07, 6.45) is -5.15. The Balaban J connectivity index is 1.91. The first-order valence-corrected chi connectivity index (χ1v) is 11.1. The van der Waals surface area contributed by atoms with Gasteiger partial charge in [-0.2, -0.15) is 13.2 Å². The lowest BCUT2D eigenvalue weighted by Crippen LogP contribution is -2.42. The van der Waals surface area contributed by atoms with Crippen molar-refractivity contribution in [1.82, 2.24) is 0 Å². The zero-order chi connectivity index (χ0) is 24.7. The van der Waals surface area contributed by atoms with Gasteiger partial charge in [0.05, 0.1) is 18.0 Å². The summed E-state index contributed by atoms with van der Waals surface area (Å²) < 4.78 is 52.5. The molecule has 1 fully saturated rings. The van der Waals surface area contributed by atoms with Gasteiger partial charge in [0, 0.05) is 10.6 Å². The van der Waals surface area contributed by atoms with Crippen molar-refractivity contribution in [2.24, 2.45) is 0 Å². The van der Waals surface area contributed by atoms with E-state index in [0.717, 1.165) is 46.5 Å². The number of carbonyl (C=O) groups excluding carboxylic acids is 1. The molecule has 3 aromatic carbocycles. The minimum atomic E-state index is -4.66. The Kier molecular flexibility index (Phi) is 6.16. The number of amides is 1. The highest BCUT2D eigenvalue weighted by Crippen LogP contribution is 2.54. The van der Waals surface area contributed by atoms with Crippen molar-refractivity contribution in [3.05, 3.63) is 95.3 Å². The minimum Gasteiger partial charge on any atom is -0.480 e. The van der Waals surface area contributed by atoms with E-state index in [4.69, 9.17) is 0 Å². The average Bonchev–Trinajstić information content (AvgIpc) is 3.08. The third-order valence-electron chi connectivity index (χ3n) is 5.68. The number of benzene rings is 3. The van der Waals surface area contributed by atoms with Gasteiger partial charge >= 0.3 is 12.1 Å². The maximum Gasteiger partial charge on any atom is 0.416 e. The molecule has 1 saturated heterocycles. The number of carbonyl (C=O) groups is 2. The molecule has 1 aliphatic rings. The Morgan fingerprint density at radius 2 is 1.74 bits per heavy atom. The van der Waals surface area contributed by atoms with Crippen LogP contribution in [0, 0.1) is 12.7 Å². The van der Waals surface area contributed by atoms with Gasteiger partial charge in [-0.3, -0.25) is 9.59 Å². The SMILES string of the molecule is Cc1ccc(S[C@]2(C(=O)O)CC(=O)N(c3cccc(C(F)(F)F)c3)[C@@H]2c2cccc(F)c2)cc1. The molecule has 4 nitrogen and oxygen atoms in total. The van der Waals surface area contributed by atoms with Crippen LogP contribution in [-0.4, -0.2) is 21.7 Å². The number of anilines is 1. The van der Waals surface area contributed by atoms with E-state index in [-0.39, 0.29) is 11.3 Å². The Morgan fingerprint density at radius 1 is 1.06 bits per heavy atom. The van der Waals surface area contributed by atoms with E-state index in [0.29, 0.717) is 4.90 Å². The van der Waals surface area contributed by atoms with Gasteiger partial charge < -0.3 is 10.0 Å². The average molecular weight is 489 g/mol. The van der Waals surface area contributed by atoms with Gasteiger partial charge in [-0.15, -0.1) is 11.8 Å². The zero-order valence-corrected chi connectivity index (χ0v) is 18.7. The number of hydrogen-bond acceptors (Lipinski definition) is 3. The van der Waals surface area contributed by atoms with Gasteiger partial charge in [0.1, 0.15) is 5.82 Å². The number of halogens is 4. The zero-order valence-electron chi connectivity index (χ0n) is 17.8. The van der Waals surface area contributed by atoms with Gasteiger partial charge in [0.25, 0.3) is 0 Å². The summed E-state index contributed by atoms with van der Waals surface area (Å²) >= 11 is 0.929. The summed E-state index contributed by atoms with van der Waals surface area (Å²) in [6.45, 7) is 1.87. The predicted molar refractivity (Wildman–Crippen MR) is 120 cm³/mol. The number of thioether (sulfide) groups is 1. The van der Waals surface area contributed by atoms with Crippen LogP contribution >= 0.6 is 11.8 Å². The summed E-state index contributed by atoms with van der Waals surface area (Å²) in [5.74, 6) is -2.65. The highest BCUT2D eigenvalue weighted by atomic mass is 32.2. The van der Waals surface area contributed by atoms with Gasteiger partial charge in [-0.1, -0.05) is 35.9 Å².